The summed E-state index contributed by atoms with van der Waals surface area (Å²) in [5.41, 5.74) is 0.579. The number of carboxylic acids is 1. The van der Waals surface area contributed by atoms with E-state index in [1.165, 1.54) is 6.07 Å². The molecular formula is C16H21NO6S. The fourth-order valence-corrected chi connectivity index (χ4v) is 4.49. The molecule has 24 heavy (non-hydrogen) atoms. The van der Waals surface area contributed by atoms with E-state index in [-0.39, 0.29) is 23.6 Å². The van der Waals surface area contributed by atoms with Crippen molar-refractivity contribution in [3.05, 3.63) is 29.3 Å². The van der Waals surface area contributed by atoms with E-state index in [0.717, 1.165) is 0 Å². The smallest absolute Gasteiger partial charge is 0.407 e. The first-order valence-corrected chi connectivity index (χ1v) is 9.17. The quantitative estimate of drug-likeness (QED) is 0.855. The maximum Gasteiger partial charge on any atom is 0.407 e. The van der Waals surface area contributed by atoms with E-state index in [1.54, 1.807) is 32.9 Å². The van der Waals surface area contributed by atoms with Gasteiger partial charge in [0.25, 0.3) is 0 Å². The van der Waals surface area contributed by atoms with Gasteiger partial charge in [-0.2, -0.15) is 0 Å². The molecule has 1 aliphatic rings. The third-order valence-electron chi connectivity index (χ3n) is 3.53. The molecule has 7 nitrogen and oxygen atoms in total. The summed E-state index contributed by atoms with van der Waals surface area (Å²) >= 11 is 0. The first-order chi connectivity index (χ1) is 11.0. The predicted octanol–water partition coefficient (Wildman–Crippen LogP) is 2.06. The number of aliphatic carboxylic acids is 1. The van der Waals surface area contributed by atoms with Gasteiger partial charge < -0.3 is 15.2 Å². The minimum absolute atomic E-state index is 0.169. The molecule has 0 aromatic heterocycles. The molecule has 0 bridgehead atoms. The van der Waals surface area contributed by atoms with Gasteiger partial charge in [-0.1, -0.05) is 12.1 Å². The summed E-state index contributed by atoms with van der Waals surface area (Å²) in [6, 6.07) is 4.72. The summed E-state index contributed by atoms with van der Waals surface area (Å²) in [6.45, 7) is 5.43. The van der Waals surface area contributed by atoms with E-state index < -0.39 is 33.4 Å². The lowest BCUT2D eigenvalue weighted by Crippen LogP contribution is -2.32. The van der Waals surface area contributed by atoms with Crippen LogP contribution in [0.3, 0.4) is 0 Å². The zero-order chi connectivity index (χ0) is 18.1. The maximum absolute atomic E-state index is 12.1. The van der Waals surface area contributed by atoms with Gasteiger partial charge in [0.1, 0.15) is 5.60 Å². The second-order valence-corrected chi connectivity index (χ2v) is 8.81. The molecule has 0 aliphatic carbocycles. The van der Waals surface area contributed by atoms with Crippen molar-refractivity contribution >= 4 is 21.9 Å². The fourth-order valence-electron chi connectivity index (χ4n) is 2.62. The molecule has 132 valence electrons. The Balaban J connectivity index is 2.15. The van der Waals surface area contributed by atoms with Crippen molar-refractivity contribution in [2.75, 3.05) is 5.75 Å². The number of carbonyl (C=O) groups is 2. The van der Waals surface area contributed by atoms with Crippen molar-refractivity contribution in [1.82, 2.24) is 5.32 Å². The van der Waals surface area contributed by atoms with Crippen LogP contribution in [0.4, 0.5) is 4.79 Å². The number of nitrogens with one attached hydrogen (secondary N) is 1. The lowest BCUT2D eigenvalue weighted by molar-refractivity contribution is -0.137. The lowest BCUT2D eigenvalue weighted by Gasteiger charge is -2.19. The number of rotatable bonds is 4. The van der Waals surface area contributed by atoms with Crippen LogP contribution in [0, 0.1) is 0 Å². The molecule has 8 heteroatoms. The van der Waals surface area contributed by atoms with E-state index in [2.05, 4.69) is 5.32 Å². The number of fused-ring (bicyclic) bond motifs is 1. The van der Waals surface area contributed by atoms with Crippen molar-refractivity contribution in [2.24, 2.45) is 0 Å². The predicted molar refractivity (Wildman–Crippen MR) is 86.6 cm³/mol. The van der Waals surface area contributed by atoms with Crippen LogP contribution < -0.4 is 5.32 Å². The summed E-state index contributed by atoms with van der Waals surface area (Å²) in [5.74, 6) is -1.80. The molecule has 0 radical (unpaired) electrons. The molecule has 1 atom stereocenters. The van der Waals surface area contributed by atoms with Gasteiger partial charge in [-0.25, -0.2) is 13.2 Å². The van der Waals surface area contributed by atoms with E-state index in [9.17, 15) is 18.0 Å². The second-order valence-electron chi connectivity index (χ2n) is 6.80. The number of carbonyl (C=O) groups excluding carboxylic acids is 1. The summed E-state index contributed by atoms with van der Waals surface area (Å²) in [5, 5.41) is 11.6. The van der Waals surface area contributed by atoms with Crippen LogP contribution in [0.5, 0.6) is 0 Å². The Bertz CT molecular complexity index is 763. The van der Waals surface area contributed by atoms with Crippen LogP contribution >= 0.6 is 0 Å². The van der Waals surface area contributed by atoms with Gasteiger partial charge >= 0.3 is 12.1 Å². The van der Waals surface area contributed by atoms with Crippen LogP contribution in [0.25, 0.3) is 0 Å². The lowest BCUT2D eigenvalue weighted by atomic mass is 9.96. The first-order valence-electron chi connectivity index (χ1n) is 7.52. The molecule has 2 N–H and O–H groups in total. The molecule has 1 heterocycles. The van der Waals surface area contributed by atoms with Crippen LogP contribution in [-0.4, -0.2) is 36.9 Å². The number of ether oxygens (including phenoxy) is 1. The number of alkyl carbamates (subject to hydrolysis) is 1. The highest BCUT2D eigenvalue weighted by molar-refractivity contribution is 7.91. The Morgan fingerprint density at radius 2 is 2.00 bits per heavy atom. The van der Waals surface area contributed by atoms with Gasteiger partial charge in [-0.3, -0.25) is 4.79 Å². The number of carboxylic acid groups (broad SMARTS) is 1. The van der Waals surface area contributed by atoms with Crippen molar-refractivity contribution < 1.29 is 27.9 Å². The Kier molecular flexibility index (Phi) is 4.89. The third kappa shape index (κ3) is 4.47. The zero-order valence-corrected chi connectivity index (χ0v) is 14.6. The standard InChI is InChI=1S/C16H21NO6S/c1-16(2,3)23-15(20)17-8-10-4-5-13-12(6-10)11(7-14(18)19)9-24(13,21)22/h4-6,11H,7-9H2,1-3H3,(H,17,20)(H,18,19). The number of sulfone groups is 1. The molecular weight excluding hydrogens is 334 g/mol. The topological polar surface area (TPSA) is 110 Å². The Morgan fingerprint density at radius 1 is 1.33 bits per heavy atom. The van der Waals surface area contributed by atoms with Crippen LogP contribution in [0.1, 0.15) is 44.2 Å². The summed E-state index contributed by atoms with van der Waals surface area (Å²) < 4.78 is 29.3. The highest BCUT2D eigenvalue weighted by Crippen LogP contribution is 2.37. The average Bonchev–Trinajstić information content (AvgIpc) is 2.65. The van der Waals surface area contributed by atoms with Gasteiger partial charge in [0, 0.05) is 12.5 Å². The van der Waals surface area contributed by atoms with Crippen molar-refractivity contribution in [3.8, 4) is 0 Å². The van der Waals surface area contributed by atoms with Crippen molar-refractivity contribution in [1.29, 1.82) is 0 Å². The van der Waals surface area contributed by atoms with E-state index in [4.69, 9.17) is 9.84 Å². The molecule has 1 aromatic carbocycles. The van der Waals surface area contributed by atoms with Gasteiger partial charge in [-0.05, 0) is 38.0 Å². The molecule has 0 fully saturated rings. The minimum atomic E-state index is -3.45. The van der Waals surface area contributed by atoms with Crippen LogP contribution in [-0.2, 0) is 25.9 Å². The van der Waals surface area contributed by atoms with Gasteiger partial charge in [-0.15, -0.1) is 0 Å². The van der Waals surface area contributed by atoms with Gasteiger partial charge in [0.05, 0.1) is 17.1 Å². The molecule has 0 spiro atoms. The normalized spacial score (nSPS) is 18.7. The number of benzene rings is 1. The fraction of sp³-hybridized carbons (Fsp3) is 0.500. The molecule has 0 saturated heterocycles. The van der Waals surface area contributed by atoms with E-state index in [1.807, 2.05) is 0 Å². The zero-order valence-electron chi connectivity index (χ0n) is 13.8. The minimum Gasteiger partial charge on any atom is -0.481 e. The summed E-state index contributed by atoms with van der Waals surface area (Å²) in [7, 11) is -3.45. The van der Waals surface area contributed by atoms with Crippen LogP contribution in [0.15, 0.2) is 23.1 Å². The van der Waals surface area contributed by atoms with Crippen molar-refractivity contribution in [2.45, 2.75) is 50.2 Å². The molecule has 0 saturated carbocycles. The monoisotopic (exact) mass is 355 g/mol. The number of hydrogen-bond acceptors (Lipinski definition) is 5. The maximum atomic E-state index is 12.1. The Morgan fingerprint density at radius 3 is 2.58 bits per heavy atom. The Labute approximate surface area is 140 Å². The number of amides is 1. The average molecular weight is 355 g/mol. The molecule has 1 unspecified atom stereocenters. The number of hydrogen-bond donors (Lipinski definition) is 2. The third-order valence-corrected chi connectivity index (χ3v) is 5.41. The van der Waals surface area contributed by atoms with E-state index >= 15 is 0 Å². The highest BCUT2D eigenvalue weighted by atomic mass is 32.2. The Hall–Kier alpha value is -2.09. The second kappa shape index (κ2) is 6.43. The van der Waals surface area contributed by atoms with Crippen molar-refractivity contribution in [3.63, 3.8) is 0 Å². The summed E-state index contributed by atoms with van der Waals surface area (Å²) in [4.78, 5) is 22.8. The van der Waals surface area contributed by atoms with E-state index in [0.29, 0.717) is 11.1 Å². The molecule has 2 rings (SSSR count). The highest BCUT2D eigenvalue weighted by Gasteiger charge is 2.35. The van der Waals surface area contributed by atoms with Gasteiger partial charge in [0.2, 0.25) is 0 Å². The first kappa shape index (κ1) is 18.3. The van der Waals surface area contributed by atoms with Gasteiger partial charge in [0.15, 0.2) is 9.84 Å². The largest absolute Gasteiger partial charge is 0.481 e. The molecule has 1 aromatic rings. The molecule has 1 aliphatic heterocycles. The van der Waals surface area contributed by atoms with Crippen LogP contribution in [0.2, 0.25) is 0 Å². The SMILES string of the molecule is CC(C)(C)OC(=O)NCc1ccc2c(c1)C(CC(=O)O)CS2(=O)=O. The molecule has 1 amide bonds. The summed E-state index contributed by atoms with van der Waals surface area (Å²) in [6.07, 6.45) is -0.812.